The van der Waals surface area contributed by atoms with Gasteiger partial charge in [0.1, 0.15) is 28.6 Å². The van der Waals surface area contributed by atoms with Crippen LogP contribution in [-0.4, -0.2) is 61.0 Å². The van der Waals surface area contributed by atoms with Gasteiger partial charge in [-0.3, -0.25) is 4.79 Å². The SMILES string of the molecule is Cc1nc(N(C)C)cc(N2CCN(C(=O)c3cc4ccccc4oc3=O)CC2)n1. The molecule has 0 unspecified atom stereocenters. The molecule has 1 aromatic carbocycles. The lowest BCUT2D eigenvalue weighted by atomic mass is 10.1. The fraction of sp³-hybridized carbons (Fsp3) is 0.333. The number of benzene rings is 1. The van der Waals surface area contributed by atoms with Gasteiger partial charge in [-0.05, 0) is 19.1 Å². The number of aryl methyl sites for hydroxylation is 1. The lowest BCUT2D eigenvalue weighted by molar-refractivity contribution is 0.0742. The van der Waals surface area contributed by atoms with E-state index in [0.29, 0.717) is 37.6 Å². The highest BCUT2D eigenvalue weighted by atomic mass is 16.4. The van der Waals surface area contributed by atoms with Crippen LogP contribution in [0, 0.1) is 6.92 Å². The van der Waals surface area contributed by atoms with Crippen LogP contribution in [0.25, 0.3) is 11.0 Å². The van der Waals surface area contributed by atoms with Crippen LogP contribution in [-0.2, 0) is 0 Å². The van der Waals surface area contributed by atoms with Gasteiger partial charge >= 0.3 is 5.63 Å². The minimum Gasteiger partial charge on any atom is -0.422 e. The molecule has 8 nitrogen and oxygen atoms in total. The van der Waals surface area contributed by atoms with Crippen molar-refractivity contribution in [3.8, 4) is 0 Å². The molecule has 1 aliphatic heterocycles. The number of aromatic nitrogens is 2. The Hall–Kier alpha value is -3.42. The van der Waals surface area contributed by atoms with Gasteiger partial charge in [0.25, 0.3) is 5.91 Å². The predicted molar refractivity (Wildman–Crippen MR) is 112 cm³/mol. The quantitative estimate of drug-likeness (QED) is 0.629. The molecule has 0 N–H and O–H groups in total. The van der Waals surface area contributed by atoms with Crippen LogP contribution in [0.15, 0.2) is 45.6 Å². The lowest BCUT2D eigenvalue weighted by Crippen LogP contribution is -2.49. The average Bonchev–Trinajstić information content (AvgIpc) is 2.72. The lowest BCUT2D eigenvalue weighted by Gasteiger charge is -2.35. The van der Waals surface area contributed by atoms with Gasteiger partial charge in [0.15, 0.2) is 0 Å². The van der Waals surface area contributed by atoms with E-state index in [1.807, 2.05) is 44.1 Å². The molecule has 1 saturated heterocycles. The van der Waals surface area contributed by atoms with Crippen molar-refractivity contribution < 1.29 is 9.21 Å². The summed E-state index contributed by atoms with van der Waals surface area (Å²) in [6.07, 6.45) is 0. The number of hydrogen-bond acceptors (Lipinski definition) is 7. The number of carbonyl (C=O) groups is 1. The normalized spacial score (nSPS) is 14.3. The molecule has 0 radical (unpaired) electrons. The first kappa shape index (κ1) is 18.9. The second-order valence-corrected chi connectivity index (χ2v) is 7.29. The zero-order chi connectivity index (χ0) is 20.5. The molecule has 0 atom stereocenters. The molecule has 0 spiro atoms. The Kier molecular flexibility index (Phi) is 4.92. The summed E-state index contributed by atoms with van der Waals surface area (Å²) in [4.78, 5) is 39.9. The summed E-state index contributed by atoms with van der Waals surface area (Å²) in [6, 6.07) is 10.8. The Bertz CT molecular complexity index is 1120. The van der Waals surface area contributed by atoms with Crippen molar-refractivity contribution in [2.75, 3.05) is 50.1 Å². The van der Waals surface area contributed by atoms with E-state index in [2.05, 4.69) is 14.9 Å². The van der Waals surface area contributed by atoms with E-state index in [4.69, 9.17) is 4.42 Å². The van der Waals surface area contributed by atoms with Crippen LogP contribution in [0.4, 0.5) is 11.6 Å². The maximum absolute atomic E-state index is 12.9. The van der Waals surface area contributed by atoms with Crippen molar-refractivity contribution >= 4 is 28.5 Å². The summed E-state index contributed by atoms with van der Waals surface area (Å²) in [5.41, 5.74) is -0.0437. The number of carbonyl (C=O) groups excluding carboxylic acids is 1. The second-order valence-electron chi connectivity index (χ2n) is 7.29. The molecule has 3 heterocycles. The van der Waals surface area contributed by atoms with Crippen molar-refractivity contribution in [1.29, 1.82) is 0 Å². The first-order valence-electron chi connectivity index (χ1n) is 9.52. The summed E-state index contributed by atoms with van der Waals surface area (Å²) in [5.74, 6) is 2.11. The smallest absolute Gasteiger partial charge is 0.349 e. The van der Waals surface area contributed by atoms with E-state index in [0.717, 1.165) is 17.0 Å². The second kappa shape index (κ2) is 7.54. The number of nitrogens with zero attached hydrogens (tertiary/aromatic N) is 5. The van der Waals surface area contributed by atoms with Crippen molar-refractivity contribution in [3.05, 3.63) is 58.2 Å². The molecule has 1 aliphatic rings. The van der Waals surface area contributed by atoms with Gasteiger partial charge in [0, 0.05) is 51.7 Å². The van der Waals surface area contributed by atoms with Crippen molar-refractivity contribution in [2.24, 2.45) is 0 Å². The number of para-hydroxylation sites is 1. The van der Waals surface area contributed by atoms with Gasteiger partial charge in [-0.25, -0.2) is 14.8 Å². The molecule has 150 valence electrons. The standard InChI is InChI=1S/C21H23N5O3/c1-14-22-18(24(2)3)13-19(23-14)25-8-10-26(11-9-25)20(27)16-12-15-6-4-5-7-17(15)29-21(16)28/h4-7,12-13H,8-11H2,1-3H3. The van der Waals surface area contributed by atoms with Gasteiger partial charge in [-0.2, -0.15) is 0 Å². The predicted octanol–water partition coefficient (Wildman–Crippen LogP) is 1.92. The Morgan fingerprint density at radius 1 is 1.07 bits per heavy atom. The summed E-state index contributed by atoms with van der Waals surface area (Å²) < 4.78 is 5.31. The monoisotopic (exact) mass is 393 g/mol. The first-order chi connectivity index (χ1) is 13.9. The Morgan fingerprint density at radius 3 is 2.52 bits per heavy atom. The zero-order valence-electron chi connectivity index (χ0n) is 16.8. The Labute approximate surface area is 168 Å². The van der Waals surface area contributed by atoms with E-state index in [-0.39, 0.29) is 11.5 Å². The number of amides is 1. The van der Waals surface area contributed by atoms with Crippen LogP contribution >= 0.6 is 0 Å². The Morgan fingerprint density at radius 2 is 1.79 bits per heavy atom. The minimum absolute atomic E-state index is 0.0740. The molecule has 29 heavy (non-hydrogen) atoms. The molecule has 1 fully saturated rings. The Balaban J connectivity index is 1.51. The highest BCUT2D eigenvalue weighted by molar-refractivity contribution is 5.96. The summed E-state index contributed by atoms with van der Waals surface area (Å²) in [7, 11) is 3.88. The maximum atomic E-state index is 12.9. The van der Waals surface area contributed by atoms with Crippen LogP contribution in [0.5, 0.6) is 0 Å². The number of fused-ring (bicyclic) bond motifs is 1. The van der Waals surface area contributed by atoms with E-state index in [1.54, 1.807) is 23.1 Å². The van der Waals surface area contributed by atoms with Crippen molar-refractivity contribution in [3.63, 3.8) is 0 Å². The fourth-order valence-electron chi connectivity index (χ4n) is 3.45. The van der Waals surface area contributed by atoms with E-state index < -0.39 is 5.63 Å². The molecule has 8 heteroatoms. The molecule has 1 amide bonds. The maximum Gasteiger partial charge on any atom is 0.349 e. The van der Waals surface area contributed by atoms with Crippen LogP contribution in [0.3, 0.4) is 0 Å². The average molecular weight is 393 g/mol. The number of piperazine rings is 1. The summed E-state index contributed by atoms with van der Waals surface area (Å²) in [5, 5.41) is 0.738. The molecule has 3 aromatic rings. The largest absolute Gasteiger partial charge is 0.422 e. The van der Waals surface area contributed by atoms with Crippen LogP contribution in [0.1, 0.15) is 16.2 Å². The van der Waals surface area contributed by atoms with Crippen LogP contribution < -0.4 is 15.4 Å². The topological polar surface area (TPSA) is 82.8 Å². The van der Waals surface area contributed by atoms with E-state index >= 15 is 0 Å². The number of rotatable bonds is 3. The molecule has 0 bridgehead atoms. The number of anilines is 2. The minimum atomic E-state index is -0.599. The number of hydrogen-bond donors (Lipinski definition) is 0. The van der Waals surface area contributed by atoms with E-state index in [9.17, 15) is 9.59 Å². The third-order valence-corrected chi connectivity index (χ3v) is 5.03. The van der Waals surface area contributed by atoms with Gasteiger partial charge in [0.2, 0.25) is 0 Å². The molecular weight excluding hydrogens is 370 g/mol. The third-order valence-electron chi connectivity index (χ3n) is 5.03. The van der Waals surface area contributed by atoms with Gasteiger partial charge in [-0.15, -0.1) is 0 Å². The molecular formula is C21H23N5O3. The molecule has 0 saturated carbocycles. The first-order valence-corrected chi connectivity index (χ1v) is 9.52. The highest BCUT2D eigenvalue weighted by Crippen LogP contribution is 2.20. The van der Waals surface area contributed by atoms with Crippen molar-refractivity contribution in [1.82, 2.24) is 14.9 Å². The summed E-state index contributed by atoms with van der Waals surface area (Å²) in [6.45, 7) is 4.15. The van der Waals surface area contributed by atoms with Gasteiger partial charge in [0.05, 0.1) is 0 Å². The van der Waals surface area contributed by atoms with Gasteiger partial charge < -0.3 is 19.1 Å². The van der Waals surface area contributed by atoms with Crippen LogP contribution in [0.2, 0.25) is 0 Å². The molecule has 2 aromatic heterocycles. The zero-order valence-corrected chi connectivity index (χ0v) is 16.8. The van der Waals surface area contributed by atoms with Crippen molar-refractivity contribution in [2.45, 2.75) is 6.92 Å². The molecule has 0 aliphatic carbocycles. The highest BCUT2D eigenvalue weighted by Gasteiger charge is 2.26. The fourth-order valence-corrected chi connectivity index (χ4v) is 3.45. The van der Waals surface area contributed by atoms with E-state index in [1.165, 1.54) is 0 Å². The van der Waals surface area contributed by atoms with Gasteiger partial charge in [-0.1, -0.05) is 18.2 Å². The molecule has 4 rings (SSSR count). The summed E-state index contributed by atoms with van der Waals surface area (Å²) >= 11 is 0. The third kappa shape index (κ3) is 3.78.